The van der Waals surface area contributed by atoms with Crippen LogP contribution in [0.15, 0.2) is 42.5 Å². The first-order valence-corrected chi connectivity index (χ1v) is 5.21. The molecule has 0 aliphatic heterocycles. The van der Waals surface area contributed by atoms with Gasteiger partial charge in [0.2, 0.25) is 0 Å². The van der Waals surface area contributed by atoms with E-state index in [1.165, 1.54) is 12.1 Å². The lowest BCUT2D eigenvalue weighted by atomic mass is 10.0. The van der Waals surface area contributed by atoms with E-state index in [-0.39, 0.29) is 16.1 Å². The maximum Gasteiger partial charge on any atom is 0.197 e. The number of halogens is 3. The van der Waals surface area contributed by atoms with Crippen LogP contribution in [0.5, 0.6) is 0 Å². The summed E-state index contributed by atoms with van der Waals surface area (Å²) in [5, 5.41) is 0.237. The second-order valence-electron chi connectivity index (χ2n) is 3.43. The van der Waals surface area contributed by atoms with Crippen LogP contribution < -0.4 is 0 Å². The average molecular weight is 253 g/mol. The van der Waals surface area contributed by atoms with Crippen molar-refractivity contribution in [2.75, 3.05) is 0 Å². The van der Waals surface area contributed by atoms with Gasteiger partial charge < -0.3 is 0 Å². The molecule has 0 heterocycles. The average Bonchev–Trinajstić information content (AvgIpc) is 2.29. The molecule has 17 heavy (non-hydrogen) atoms. The number of carbonyl (C=O) groups excluding carboxylic acids is 1. The second-order valence-corrected chi connectivity index (χ2v) is 3.84. The Labute approximate surface area is 102 Å². The van der Waals surface area contributed by atoms with Gasteiger partial charge >= 0.3 is 0 Å². The lowest BCUT2D eigenvalue weighted by Crippen LogP contribution is -2.05. The van der Waals surface area contributed by atoms with Gasteiger partial charge in [-0.15, -0.1) is 0 Å². The number of hydrogen-bond acceptors (Lipinski definition) is 1. The number of hydrogen-bond donors (Lipinski definition) is 0. The molecule has 0 N–H and O–H groups in total. The Kier molecular flexibility index (Phi) is 3.20. The summed E-state index contributed by atoms with van der Waals surface area (Å²) in [7, 11) is 0. The molecule has 2 aromatic carbocycles. The van der Waals surface area contributed by atoms with Crippen LogP contribution in [-0.2, 0) is 0 Å². The van der Waals surface area contributed by atoms with Gasteiger partial charge in [-0.1, -0.05) is 23.7 Å². The van der Waals surface area contributed by atoms with Crippen LogP contribution in [0.2, 0.25) is 5.02 Å². The summed E-state index contributed by atoms with van der Waals surface area (Å²) in [5.74, 6) is -2.18. The molecule has 0 unspecified atom stereocenters. The summed E-state index contributed by atoms with van der Waals surface area (Å²) in [5.41, 5.74) is -0.000764. The molecule has 2 rings (SSSR count). The zero-order chi connectivity index (χ0) is 12.4. The molecular formula is C13H7ClF2O. The maximum atomic E-state index is 13.4. The minimum absolute atomic E-state index is 0.194. The molecule has 86 valence electrons. The minimum Gasteiger partial charge on any atom is -0.288 e. The second kappa shape index (κ2) is 4.63. The Morgan fingerprint density at radius 3 is 2.35 bits per heavy atom. The number of rotatable bonds is 2. The Balaban J connectivity index is 2.48. The molecule has 0 atom stereocenters. The van der Waals surface area contributed by atoms with Gasteiger partial charge in [-0.05, 0) is 24.3 Å². The van der Waals surface area contributed by atoms with E-state index in [1.807, 2.05) is 0 Å². The quantitative estimate of drug-likeness (QED) is 0.742. The van der Waals surface area contributed by atoms with Crippen molar-refractivity contribution < 1.29 is 13.6 Å². The molecule has 1 nitrogen and oxygen atoms in total. The predicted molar refractivity (Wildman–Crippen MR) is 61.2 cm³/mol. The van der Waals surface area contributed by atoms with Crippen molar-refractivity contribution >= 4 is 17.4 Å². The third-order valence-corrected chi connectivity index (χ3v) is 2.62. The molecule has 0 bridgehead atoms. The summed E-state index contributed by atoms with van der Waals surface area (Å²) >= 11 is 5.84. The highest BCUT2D eigenvalue weighted by Gasteiger charge is 2.16. The first kappa shape index (κ1) is 11.7. The van der Waals surface area contributed by atoms with Crippen LogP contribution >= 0.6 is 11.6 Å². The molecule has 0 radical (unpaired) electrons. The van der Waals surface area contributed by atoms with E-state index in [2.05, 4.69) is 0 Å². The van der Waals surface area contributed by atoms with Gasteiger partial charge in [0.25, 0.3) is 0 Å². The lowest BCUT2D eigenvalue weighted by molar-refractivity contribution is 0.103. The third-order valence-electron chi connectivity index (χ3n) is 2.29. The largest absolute Gasteiger partial charge is 0.288 e. The molecule has 4 heteroatoms. The number of ketones is 1. The first-order chi connectivity index (χ1) is 8.09. The molecule has 2 aromatic rings. The van der Waals surface area contributed by atoms with Gasteiger partial charge in [0.1, 0.15) is 11.6 Å². The SMILES string of the molecule is O=C(c1ccc(F)cc1F)c1ccccc1Cl. The molecule has 0 saturated carbocycles. The fourth-order valence-corrected chi connectivity index (χ4v) is 1.69. The van der Waals surface area contributed by atoms with Crippen LogP contribution in [0.4, 0.5) is 8.78 Å². The van der Waals surface area contributed by atoms with Gasteiger partial charge in [0.05, 0.1) is 10.6 Å². The van der Waals surface area contributed by atoms with Crippen molar-refractivity contribution in [3.63, 3.8) is 0 Å². The molecule has 0 saturated heterocycles. The van der Waals surface area contributed by atoms with Crippen molar-refractivity contribution in [1.82, 2.24) is 0 Å². The Morgan fingerprint density at radius 2 is 1.71 bits per heavy atom. The Morgan fingerprint density at radius 1 is 1.00 bits per heavy atom. The highest BCUT2D eigenvalue weighted by atomic mass is 35.5. The first-order valence-electron chi connectivity index (χ1n) is 4.84. The molecule has 0 aliphatic carbocycles. The molecule has 0 aliphatic rings. The van der Waals surface area contributed by atoms with Crippen LogP contribution in [0.25, 0.3) is 0 Å². The summed E-state index contributed by atoms with van der Waals surface area (Å²) < 4.78 is 26.1. The van der Waals surface area contributed by atoms with Crippen LogP contribution in [-0.4, -0.2) is 5.78 Å². The van der Waals surface area contributed by atoms with Crippen molar-refractivity contribution in [3.05, 3.63) is 70.2 Å². The smallest absolute Gasteiger partial charge is 0.197 e. The van der Waals surface area contributed by atoms with E-state index in [0.717, 1.165) is 12.1 Å². The van der Waals surface area contributed by atoms with E-state index in [1.54, 1.807) is 12.1 Å². The van der Waals surface area contributed by atoms with E-state index in [4.69, 9.17) is 11.6 Å². The number of carbonyl (C=O) groups is 1. The highest BCUT2D eigenvalue weighted by molar-refractivity contribution is 6.34. The normalized spacial score (nSPS) is 10.3. The van der Waals surface area contributed by atoms with Crippen LogP contribution in [0.3, 0.4) is 0 Å². The van der Waals surface area contributed by atoms with Gasteiger partial charge in [0, 0.05) is 11.6 Å². The van der Waals surface area contributed by atoms with Crippen LogP contribution in [0, 0.1) is 11.6 Å². The number of benzene rings is 2. The van der Waals surface area contributed by atoms with Gasteiger partial charge in [-0.2, -0.15) is 0 Å². The molecule has 0 spiro atoms. The van der Waals surface area contributed by atoms with Gasteiger partial charge in [-0.3, -0.25) is 4.79 Å². The van der Waals surface area contributed by atoms with E-state index in [0.29, 0.717) is 6.07 Å². The van der Waals surface area contributed by atoms with Crippen molar-refractivity contribution in [2.45, 2.75) is 0 Å². The van der Waals surface area contributed by atoms with Crippen molar-refractivity contribution in [3.8, 4) is 0 Å². The Bertz CT molecular complexity index is 581. The predicted octanol–water partition coefficient (Wildman–Crippen LogP) is 3.85. The molecule has 0 amide bonds. The summed E-state index contributed by atoms with van der Waals surface area (Å²) in [4.78, 5) is 12.0. The van der Waals surface area contributed by atoms with E-state index in [9.17, 15) is 13.6 Å². The molecular weight excluding hydrogens is 246 g/mol. The third kappa shape index (κ3) is 2.34. The minimum atomic E-state index is -0.894. The maximum absolute atomic E-state index is 13.4. The van der Waals surface area contributed by atoms with Crippen molar-refractivity contribution in [1.29, 1.82) is 0 Å². The Hall–Kier alpha value is -1.74. The highest BCUT2D eigenvalue weighted by Crippen LogP contribution is 2.20. The summed E-state index contributed by atoms with van der Waals surface area (Å²) in [6.45, 7) is 0. The van der Waals surface area contributed by atoms with Gasteiger partial charge in [0.15, 0.2) is 5.78 Å². The lowest BCUT2D eigenvalue weighted by Gasteiger charge is -2.04. The van der Waals surface area contributed by atoms with E-state index < -0.39 is 17.4 Å². The fourth-order valence-electron chi connectivity index (χ4n) is 1.46. The molecule has 0 fully saturated rings. The molecule has 0 aromatic heterocycles. The summed E-state index contributed by atoms with van der Waals surface area (Å²) in [6, 6.07) is 9.14. The van der Waals surface area contributed by atoms with Gasteiger partial charge in [-0.25, -0.2) is 8.78 Å². The standard InChI is InChI=1S/C13H7ClF2O/c14-11-4-2-1-3-9(11)13(17)10-6-5-8(15)7-12(10)16/h1-7H. The zero-order valence-corrected chi connectivity index (χ0v) is 9.34. The zero-order valence-electron chi connectivity index (χ0n) is 8.58. The topological polar surface area (TPSA) is 17.1 Å². The van der Waals surface area contributed by atoms with Crippen molar-refractivity contribution in [2.24, 2.45) is 0 Å². The van der Waals surface area contributed by atoms with E-state index >= 15 is 0 Å². The van der Waals surface area contributed by atoms with Crippen LogP contribution in [0.1, 0.15) is 15.9 Å². The fraction of sp³-hybridized carbons (Fsp3) is 0. The monoisotopic (exact) mass is 252 g/mol. The summed E-state index contributed by atoms with van der Waals surface area (Å²) in [6.07, 6.45) is 0.